The highest BCUT2D eigenvalue weighted by atomic mass is 16.3. The van der Waals surface area contributed by atoms with Crippen molar-refractivity contribution >= 4 is 0 Å². The van der Waals surface area contributed by atoms with Gasteiger partial charge in [-0.15, -0.1) is 0 Å². The highest BCUT2D eigenvalue weighted by Gasteiger charge is 2.14. The Kier molecular flexibility index (Phi) is 3.69. The van der Waals surface area contributed by atoms with Crippen LogP contribution in [0.5, 0.6) is 0 Å². The van der Waals surface area contributed by atoms with Crippen molar-refractivity contribution in [1.82, 2.24) is 19.3 Å². The molecular weight excluding hydrogens is 300 g/mol. The van der Waals surface area contributed by atoms with E-state index < -0.39 is 0 Å². The van der Waals surface area contributed by atoms with Crippen molar-refractivity contribution in [2.24, 2.45) is 0 Å². The third kappa shape index (κ3) is 2.51. The van der Waals surface area contributed by atoms with E-state index in [1.165, 1.54) is 0 Å². The van der Waals surface area contributed by atoms with Crippen molar-refractivity contribution in [1.29, 1.82) is 0 Å². The third-order valence-corrected chi connectivity index (χ3v) is 3.88. The van der Waals surface area contributed by atoms with Crippen molar-refractivity contribution in [3.8, 4) is 22.9 Å². The van der Waals surface area contributed by atoms with E-state index in [-0.39, 0.29) is 6.61 Å². The Balaban J connectivity index is 1.83. The van der Waals surface area contributed by atoms with Crippen molar-refractivity contribution < 1.29 is 5.11 Å². The van der Waals surface area contributed by atoms with Crippen LogP contribution in [-0.2, 0) is 6.61 Å². The molecule has 0 radical (unpaired) electrons. The molecule has 0 unspecified atom stereocenters. The Bertz CT molecular complexity index is 956. The molecule has 5 nitrogen and oxygen atoms in total. The molecule has 24 heavy (non-hydrogen) atoms. The molecule has 0 saturated heterocycles. The number of rotatable bonds is 4. The Morgan fingerprint density at radius 1 is 0.875 bits per heavy atom. The maximum atomic E-state index is 9.37. The van der Waals surface area contributed by atoms with Crippen LogP contribution in [0.2, 0.25) is 0 Å². The summed E-state index contributed by atoms with van der Waals surface area (Å²) < 4.78 is 3.87. The first-order valence-corrected chi connectivity index (χ1v) is 7.70. The van der Waals surface area contributed by atoms with Crippen LogP contribution in [-0.4, -0.2) is 24.4 Å². The van der Waals surface area contributed by atoms with Gasteiger partial charge in [0.05, 0.1) is 18.5 Å². The molecule has 2 heterocycles. The highest BCUT2D eigenvalue weighted by molar-refractivity contribution is 5.57. The van der Waals surface area contributed by atoms with Gasteiger partial charge in [0.15, 0.2) is 5.82 Å². The highest BCUT2D eigenvalue weighted by Crippen LogP contribution is 2.24. The zero-order valence-corrected chi connectivity index (χ0v) is 12.9. The van der Waals surface area contributed by atoms with Gasteiger partial charge in [-0.1, -0.05) is 30.3 Å². The number of para-hydroxylation sites is 1. The van der Waals surface area contributed by atoms with Crippen LogP contribution < -0.4 is 0 Å². The van der Waals surface area contributed by atoms with Gasteiger partial charge in [-0.3, -0.25) is 4.57 Å². The lowest BCUT2D eigenvalue weighted by Crippen LogP contribution is -2.03. The lowest BCUT2D eigenvalue weighted by molar-refractivity contribution is 0.282. The maximum Gasteiger partial charge on any atom is 0.163 e. The fourth-order valence-electron chi connectivity index (χ4n) is 2.75. The molecule has 2 aromatic heterocycles. The summed E-state index contributed by atoms with van der Waals surface area (Å²) in [4.78, 5) is 4.52. The van der Waals surface area contributed by atoms with Crippen molar-refractivity contribution in [2.45, 2.75) is 6.61 Å². The topological polar surface area (TPSA) is 55.9 Å². The molecule has 0 fully saturated rings. The van der Waals surface area contributed by atoms with E-state index in [9.17, 15) is 5.11 Å². The molecule has 0 aliphatic heterocycles. The molecule has 0 saturated carbocycles. The lowest BCUT2D eigenvalue weighted by Gasteiger charge is -2.11. The Morgan fingerprint density at radius 3 is 2.54 bits per heavy atom. The lowest BCUT2D eigenvalue weighted by atomic mass is 10.2. The van der Waals surface area contributed by atoms with E-state index in [0.717, 1.165) is 28.5 Å². The summed E-state index contributed by atoms with van der Waals surface area (Å²) >= 11 is 0. The minimum Gasteiger partial charge on any atom is -0.392 e. The number of aliphatic hydroxyl groups excluding tert-OH is 1. The summed E-state index contributed by atoms with van der Waals surface area (Å²) in [5.41, 5.74) is 3.70. The second-order valence-electron chi connectivity index (χ2n) is 5.41. The minimum atomic E-state index is 0.0137. The van der Waals surface area contributed by atoms with Gasteiger partial charge < -0.3 is 5.11 Å². The second kappa shape index (κ2) is 6.14. The van der Waals surface area contributed by atoms with E-state index >= 15 is 0 Å². The standard InChI is InChI=1S/C19H16N4O/c24-14-15-5-4-8-17(13-15)22-12-11-20-19(22)18-9-10-21-23(18)16-6-2-1-3-7-16/h1-13,24H,14H2. The normalized spacial score (nSPS) is 10.9. The number of aromatic nitrogens is 4. The Morgan fingerprint density at radius 2 is 1.71 bits per heavy atom. The average molecular weight is 316 g/mol. The minimum absolute atomic E-state index is 0.0137. The summed E-state index contributed by atoms with van der Waals surface area (Å²) in [5, 5.41) is 13.8. The van der Waals surface area contributed by atoms with Crippen molar-refractivity contribution in [3.05, 3.63) is 84.8 Å². The molecule has 0 spiro atoms. The summed E-state index contributed by atoms with van der Waals surface area (Å²) in [6.45, 7) is 0.0137. The molecule has 2 aromatic carbocycles. The molecular formula is C19H16N4O. The third-order valence-electron chi connectivity index (χ3n) is 3.88. The smallest absolute Gasteiger partial charge is 0.163 e. The van der Waals surface area contributed by atoms with E-state index in [4.69, 9.17) is 0 Å². The van der Waals surface area contributed by atoms with Crippen LogP contribution in [0.4, 0.5) is 0 Å². The summed E-state index contributed by atoms with van der Waals surface area (Å²) in [5.74, 6) is 0.798. The quantitative estimate of drug-likeness (QED) is 0.629. The van der Waals surface area contributed by atoms with Gasteiger partial charge in [-0.25, -0.2) is 9.67 Å². The molecule has 0 bridgehead atoms. The van der Waals surface area contributed by atoms with Crippen LogP contribution in [0.25, 0.3) is 22.9 Å². The van der Waals surface area contributed by atoms with Crippen molar-refractivity contribution in [2.75, 3.05) is 0 Å². The fraction of sp³-hybridized carbons (Fsp3) is 0.0526. The Labute approximate surface area is 139 Å². The number of nitrogens with zero attached hydrogens (tertiary/aromatic N) is 4. The second-order valence-corrected chi connectivity index (χ2v) is 5.41. The summed E-state index contributed by atoms with van der Waals surface area (Å²) in [6.07, 6.45) is 5.45. The van der Waals surface area contributed by atoms with Gasteiger partial charge in [-0.05, 0) is 35.9 Å². The number of aliphatic hydroxyl groups is 1. The monoisotopic (exact) mass is 316 g/mol. The first-order valence-electron chi connectivity index (χ1n) is 7.70. The molecule has 0 aliphatic rings. The number of hydrogen-bond donors (Lipinski definition) is 1. The fourth-order valence-corrected chi connectivity index (χ4v) is 2.75. The number of imidazole rings is 1. The SMILES string of the molecule is OCc1cccc(-n2ccnc2-c2ccnn2-c2ccccc2)c1. The zero-order chi connectivity index (χ0) is 16.4. The molecule has 4 aromatic rings. The van der Waals surface area contributed by atoms with Gasteiger partial charge in [0.1, 0.15) is 5.69 Å². The van der Waals surface area contributed by atoms with Gasteiger partial charge in [0.25, 0.3) is 0 Å². The largest absolute Gasteiger partial charge is 0.392 e. The molecule has 0 atom stereocenters. The molecule has 5 heteroatoms. The average Bonchev–Trinajstić information content (AvgIpc) is 3.31. The van der Waals surface area contributed by atoms with Crippen LogP contribution in [0.15, 0.2) is 79.3 Å². The first-order chi connectivity index (χ1) is 11.9. The van der Waals surface area contributed by atoms with Gasteiger partial charge in [0.2, 0.25) is 0 Å². The van der Waals surface area contributed by atoms with E-state index in [1.54, 1.807) is 12.4 Å². The van der Waals surface area contributed by atoms with Gasteiger partial charge >= 0.3 is 0 Å². The van der Waals surface area contributed by atoms with Crippen LogP contribution in [0.3, 0.4) is 0 Å². The Hall–Kier alpha value is -3.18. The summed E-state index contributed by atoms with van der Waals surface area (Å²) in [6, 6.07) is 19.7. The van der Waals surface area contributed by atoms with Crippen LogP contribution >= 0.6 is 0 Å². The zero-order valence-electron chi connectivity index (χ0n) is 12.9. The van der Waals surface area contributed by atoms with Gasteiger partial charge in [-0.2, -0.15) is 5.10 Å². The van der Waals surface area contributed by atoms with E-state index in [1.807, 2.05) is 76.1 Å². The first kappa shape index (κ1) is 14.4. The van der Waals surface area contributed by atoms with E-state index in [2.05, 4.69) is 10.1 Å². The van der Waals surface area contributed by atoms with Crippen LogP contribution in [0, 0.1) is 0 Å². The molecule has 0 aliphatic carbocycles. The number of hydrogen-bond acceptors (Lipinski definition) is 3. The predicted octanol–water partition coefficient (Wildman–Crippen LogP) is 3.22. The van der Waals surface area contributed by atoms with Crippen molar-refractivity contribution in [3.63, 3.8) is 0 Å². The number of benzene rings is 2. The predicted molar refractivity (Wildman–Crippen MR) is 92.0 cm³/mol. The summed E-state index contributed by atoms with van der Waals surface area (Å²) in [7, 11) is 0. The molecule has 1 N–H and O–H groups in total. The molecule has 0 amide bonds. The molecule has 4 rings (SSSR count). The van der Waals surface area contributed by atoms with E-state index in [0.29, 0.717) is 0 Å². The maximum absolute atomic E-state index is 9.37. The van der Waals surface area contributed by atoms with Crippen LogP contribution in [0.1, 0.15) is 5.56 Å². The van der Waals surface area contributed by atoms with Gasteiger partial charge in [0, 0.05) is 18.1 Å². The molecule has 118 valence electrons.